The van der Waals surface area contributed by atoms with Gasteiger partial charge in [0.25, 0.3) is 0 Å². The summed E-state index contributed by atoms with van der Waals surface area (Å²) in [6.07, 6.45) is 3.53. The molecule has 46 heavy (non-hydrogen) atoms. The van der Waals surface area contributed by atoms with Gasteiger partial charge in [0.15, 0.2) is 11.4 Å². The first kappa shape index (κ1) is 31.1. The number of aryl methyl sites for hydroxylation is 2. The minimum absolute atomic E-state index is 0.0696. The highest BCUT2D eigenvalue weighted by Crippen LogP contribution is 2.36. The Morgan fingerprint density at radius 3 is 2.35 bits per heavy atom. The summed E-state index contributed by atoms with van der Waals surface area (Å²) >= 11 is 0. The molecule has 3 N–H and O–H groups in total. The van der Waals surface area contributed by atoms with Crippen molar-refractivity contribution in [3.05, 3.63) is 107 Å². The van der Waals surface area contributed by atoms with E-state index in [9.17, 15) is 9.59 Å². The molecule has 6 rings (SSSR count). The van der Waals surface area contributed by atoms with E-state index in [1.54, 1.807) is 10.9 Å². The molecule has 9 heteroatoms. The number of benzene rings is 2. The number of hydrogen-bond donors (Lipinski definition) is 3. The summed E-state index contributed by atoms with van der Waals surface area (Å²) in [7, 11) is 0. The zero-order chi connectivity index (χ0) is 32.4. The molecule has 0 bridgehead atoms. The summed E-state index contributed by atoms with van der Waals surface area (Å²) < 4.78 is 1.76. The summed E-state index contributed by atoms with van der Waals surface area (Å²) in [5, 5.41) is 15.0. The normalized spacial score (nSPS) is 14.6. The SMILES string of the molecule is Cc1ccc(-n2nc(C(C)(C)C)cc2NC(=O)Nc2ccc(C(C(=O)c3cc4cccnc4nc3C)C3CCNCC3)cc2)cc1. The first-order valence-electron chi connectivity index (χ1n) is 15.9. The molecule has 1 aliphatic rings. The van der Waals surface area contributed by atoms with Crippen molar-refractivity contribution in [1.82, 2.24) is 25.1 Å². The number of pyridine rings is 2. The molecule has 9 nitrogen and oxygen atoms in total. The number of Topliss-reactive ketones (excluding diaryl/α,β-unsaturated/α-hetero) is 1. The van der Waals surface area contributed by atoms with Crippen LogP contribution < -0.4 is 16.0 Å². The number of nitrogens with zero attached hydrogens (tertiary/aromatic N) is 4. The molecule has 4 heterocycles. The van der Waals surface area contributed by atoms with Gasteiger partial charge in [-0.3, -0.25) is 10.1 Å². The fourth-order valence-electron chi connectivity index (χ4n) is 6.10. The monoisotopic (exact) mass is 615 g/mol. The number of carbonyl (C=O) groups is 2. The maximum atomic E-state index is 14.2. The quantitative estimate of drug-likeness (QED) is 0.165. The van der Waals surface area contributed by atoms with Crippen LogP contribution in [-0.4, -0.2) is 44.7 Å². The van der Waals surface area contributed by atoms with Gasteiger partial charge in [-0.15, -0.1) is 0 Å². The van der Waals surface area contributed by atoms with Gasteiger partial charge in [0.1, 0.15) is 5.82 Å². The van der Waals surface area contributed by atoms with Crippen LogP contribution in [0.5, 0.6) is 0 Å². The van der Waals surface area contributed by atoms with E-state index >= 15 is 0 Å². The molecule has 5 aromatic rings. The lowest BCUT2D eigenvalue weighted by Crippen LogP contribution is -2.34. The molecule has 1 aliphatic heterocycles. The summed E-state index contributed by atoms with van der Waals surface area (Å²) in [4.78, 5) is 36.5. The van der Waals surface area contributed by atoms with E-state index in [4.69, 9.17) is 5.10 Å². The molecule has 3 aromatic heterocycles. The Bertz CT molecular complexity index is 1870. The number of piperidine rings is 1. The zero-order valence-electron chi connectivity index (χ0n) is 27.1. The van der Waals surface area contributed by atoms with E-state index in [1.165, 1.54) is 0 Å². The van der Waals surface area contributed by atoms with Gasteiger partial charge in [-0.1, -0.05) is 50.6 Å². The van der Waals surface area contributed by atoms with Crippen molar-refractivity contribution in [3.8, 4) is 5.69 Å². The Balaban J connectivity index is 1.24. The Kier molecular flexibility index (Phi) is 8.69. The average molecular weight is 616 g/mol. The molecule has 0 saturated carbocycles. The maximum absolute atomic E-state index is 14.2. The summed E-state index contributed by atoms with van der Waals surface area (Å²) in [6.45, 7) is 12.0. The van der Waals surface area contributed by atoms with Crippen LogP contribution in [0.15, 0.2) is 79.0 Å². The van der Waals surface area contributed by atoms with Crippen LogP contribution in [0.4, 0.5) is 16.3 Å². The molecular formula is C37H41N7O2. The first-order chi connectivity index (χ1) is 22.1. The average Bonchev–Trinajstić information content (AvgIpc) is 3.47. The molecule has 0 spiro atoms. The van der Waals surface area contributed by atoms with Gasteiger partial charge < -0.3 is 10.6 Å². The molecular weight excluding hydrogens is 574 g/mol. The van der Waals surface area contributed by atoms with Crippen LogP contribution in [0, 0.1) is 19.8 Å². The van der Waals surface area contributed by atoms with Gasteiger partial charge in [-0.2, -0.15) is 5.10 Å². The summed E-state index contributed by atoms with van der Waals surface area (Å²) in [6, 6.07) is 22.9. The Labute approximate surface area is 269 Å². The van der Waals surface area contributed by atoms with Crippen molar-refractivity contribution in [3.63, 3.8) is 0 Å². The zero-order valence-corrected chi connectivity index (χ0v) is 27.1. The lowest BCUT2D eigenvalue weighted by molar-refractivity contribution is 0.0915. The van der Waals surface area contributed by atoms with Crippen LogP contribution in [0.1, 0.15) is 72.4 Å². The smallest absolute Gasteiger partial charge is 0.317 e. The van der Waals surface area contributed by atoms with Crippen molar-refractivity contribution in [2.45, 2.75) is 58.8 Å². The van der Waals surface area contributed by atoms with E-state index in [1.807, 2.05) is 86.6 Å². The highest BCUT2D eigenvalue weighted by molar-refractivity contribution is 6.04. The van der Waals surface area contributed by atoms with Crippen LogP contribution in [0.25, 0.3) is 16.7 Å². The van der Waals surface area contributed by atoms with Gasteiger partial charge in [0.2, 0.25) is 0 Å². The van der Waals surface area contributed by atoms with E-state index < -0.39 is 0 Å². The largest absolute Gasteiger partial charge is 0.324 e. The van der Waals surface area contributed by atoms with Gasteiger partial charge in [0.05, 0.1) is 23.0 Å². The second-order valence-corrected chi connectivity index (χ2v) is 13.2. The third-order valence-electron chi connectivity index (χ3n) is 8.71. The lowest BCUT2D eigenvalue weighted by Gasteiger charge is -2.30. The number of aromatic nitrogens is 4. The molecule has 1 fully saturated rings. The van der Waals surface area contributed by atoms with Crippen molar-refractivity contribution < 1.29 is 9.59 Å². The maximum Gasteiger partial charge on any atom is 0.324 e. The number of anilines is 2. The topological polar surface area (TPSA) is 114 Å². The van der Waals surface area contributed by atoms with Crippen molar-refractivity contribution in [2.75, 3.05) is 23.7 Å². The number of rotatable bonds is 7. The molecule has 2 aromatic carbocycles. The predicted octanol–water partition coefficient (Wildman–Crippen LogP) is 7.34. The number of urea groups is 1. The summed E-state index contributed by atoms with van der Waals surface area (Å²) in [5.74, 6) is 0.521. The van der Waals surface area contributed by atoms with E-state index in [2.05, 4.69) is 46.7 Å². The molecule has 236 valence electrons. The number of fused-ring (bicyclic) bond motifs is 1. The number of nitrogens with one attached hydrogen (secondary N) is 3. The first-order valence-corrected chi connectivity index (χ1v) is 15.9. The number of amides is 2. The molecule has 1 unspecified atom stereocenters. The van der Waals surface area contributed by atoms with E-state index in [-0.39, 0.29) is 29.1 Å². The second kappa shape index (κ2) is 12.8. The van der Waals surface area contributed by atoms with Crippen LogP contribution in [0.3, 0.4) is 0 Å². The predicted molar refractivity (Wildman–Crippen MR) is 183 cm³/mol. The second-order valence-electron chi connectivity index (χ2n) is 13.2. The van der Waals surface area contributed by atoms with Crippen LogP contribution in [0.2, 0.25) is 0 Å². The van der Waals surface area contributed by atoms with E-state index in [0.717, 1.165) is 53.8 Å². The standard InChI is InChI=1S/C37H41N7O2/c1-23-8-14-29(15-9-23)44-32(22-31(43-44)37(3,4)5)42-36(46)41-28-12-10-25(11-13-28)33(26-16-19-38-20-17-26)34(45)30-21-27-7-6-18-39-35(27)40-24(30)2/h6-15,18,21-22,26,33,38H,16-17,19-20H2,1-5H3,(H2,41,42,46). The Hall–Kier alpha value is -4.89. The molecule has 2 amide bonds. The fourth-order valence-corrected chi connectivity index (χ4v) is 6.10. The summed E-state index contributed by atoms with van der Waals surface area (Å²) in [5.41, 5.74) is 6.20. The Morgan fingerprint density at radius 1 is 0.935 bits per heavy atom. The minimum atomic E-state index is -0.376. The Morgan fingerprint density at radius 2 is 1.65 bits per heavy atom. The van der Waals surface area contributed by atoms with Crippen molar-refractivity contribution in [1.29, 1.82) is 0 Å². The number of carbonyl (C=O) groups excluding carboxylic acids is 2. The van der Waals surface area contributed by atoms with Gasteiger partial charge in [-0.05, 0) is 93.7 Å². The van der Waals surface area contributed by atoms with Crippen molar-refractivity contribution >= 4 is 34.4 Å². The third-order valence-corrected chi connectivity index (χ3v) is 8.71. The number of ketones is 1. The molecule has 0 aliphatic carbocycles. The number of hydrogen-bond acceptors (Lipinski definition) is 6. The molecule has 1 atom stereocenters. The van der Waals surface area contributed by atoms with Gasteiger partial charge >= 0.3 is 6.03 Å². The van der Waals surface area contributed by atoms with Gasteiger partial charge in [0, 0.05) is 34.3 Å². The molecule has 0 radical (unpaired) electrons. The van der Waals surface area contributed by atoms with Gasteiger partial charge in [-0.25, -0.2) is 19.4 Å². The van der Waals surface area contributed by atoms with Crippen molar-refractivity contribution in [2.24, 2.45) is 5.92 Å². The van der Waals surface area contributed by atoms with E-state index in [0.29, 0.717) is 28.4 Å². The van der Waals surface area contributed by atoms with Crippen LogP contribution in [-0.2, 0) is 5.41 Å². The lowest BCUT2D eigenvalue weighted by atomic mass is 9.76. The highest BCUT2D eigenvalue weighted by Gasteiger charge is 2.33. The third kappa shape index (κ3) is 6.70. The molecule has 1 saturated heterocycles. The highest BCUT2D eigenvalue weighted by atomic mass is 16.2. The minimum Gasteiger partial charge on any atom is -0.317 e. The fraction of sp³-hybridized carbons (Fsp3) is 0.324. The van der Waals surface area contributed by atoms with Crippen LogP contribution >= 0.6 is 0 Å².